The zero-order chi connectivity index (χ0) is 25.1. The van der Waals surface area contributed by atoms with Crippen molar-refractivity contribution in [2.75, 3.05) is 16.9 Å². The quantitative estimate of drug-likeness (QED) is 0.265. The largest absolute Gasteiger partial charge is 0.493 e. The summed E-state index contributed by atoms with van der Waals surface area (Å²) < 4.78 is 11.6. The molecule has 0 aliphatic carbocycles. The summed E-state index contributed by atoms with van der Waals surface area (Å²) in [5, 5.41) is 0. The molecule has 1 aliphatic rings. The Labute approximate surface area is 209 Å². The first kappa shape index (κ1) is 23.1. The van der Waals surface area contributed by atoms with Gasteiger partial charge in [0, 0.05) is 25.6 Å². The van der Waals surface area contributed by atoms with E-state index in [0.717, 1.165) is 16.0 Å². The fourth-order valence-electron chi connectivity index (χ4n) is 4.40. The number of fused-ring (bicyclic) bond motifs is 1. The second-order valence-electron chi connectivity index (χ2n) is 8.43. The number of rotatable bonds is 7. The van der Waals surface area contributed by atoms with E-state index >= 15 is 0 Å². The van der Waals surface area contributed by atoms with E-state index < -0.39 is 5.91 Å². The molecule has 0 unspecified atom stereocenters. The van der Waals surface area contributed by atoms with Gasteiger partial charge in [0.15, 0.2) is 5.76 Å². The molecule has 1 aliphatic heterocycles. The lowest BCUT2D eigenvalue weighted by molar-refractivity contribution is -0.122. The maximum Gasteiger partial charge on any atom is 0.298 e. The van der Waals surface area contributed by atoms with Gasteiger partial charge in [-0.1, -0.05) is 78.9 Å². The molecule has 36 heavy (non-hydrogen) atoms. The second-order valence-corrected chi connectivity index (χ2v) is 8.43. The fraction of sp³-hybridized carbons (Fsp3) is 0.138. The first-order chi connectivity index (χ1) is 17.6. The number of nitrogens with zero attached hydrogens (tertiary/aromatic N) is 3. The van der Waals surface area contributed by atoms with Crippen LogP contribution in [0.2, 0.25) is 0 Å². The number of imide groups is 1. The van der Waals surface area contributed by atoms with E-state index in [0.29, 0.717) is 36.0 Å². The highest BCUT2D eigenvalue weighted by Gasteiger charge is 2.38. The van der Waals surface area contributed by atoms with Gasteiger partial charge < -0.3 is 14.1 Å². The third kappa shape index (κ3) is 4.38. The summed E-state index contributed by atoms with van der Waals surface area (Å²) >= 11 is 0. The summed E-state index contributed by atoms with van der Waals surface area (Å²) in [5.41, 5.74) is 4.01. The highest BCUT2D eigenvalue weighted by atomic mass is 16.5. The molecule has 5 rings (SSSR count). The maximum atomic E-state index is 13.3. The first-order valence-corrected chi connectivity index (χ1v) is 11.6. The number of oxazole rings is 1. The van der Waals surface area contributed by atoms with Crippen molar-refractivity contribution in [1.82, 2.24) is 4.98 Å². The Morgan fingerprint density at radius 1 is 0.917 bits per heavy atom. The number of carbonyl (C=O) groups excluding carboxylic acids is 2. The van der Waals surface area contributed by atoms with Crippen LogP contribution in [0.5, 0.6) is 0 Å². The van der Waals surface area contributed by atoms with Gasteiger partial charge in [-0.25, -0.2) is 4.90 Å². The Morgan fingerprint density at radius 3 is 2.08 bits per heavy atom. The Kier molecular flexibility index (Phi) is 6.36. The van der Waals surface area contributed by atoms with Crippen molar-refractivity contribution < 1.29 is 18.7 Å². The van der Waals surface area contributed by atoms with E-state index in [1.807, 2.05) is 47.4 Å². The van der Waals surface area contributed by atoms with Crippen LogP contribution in [0, 0.1) is 0 Å². The van der Waals surface area contributed by atoms with Crippen LogP contribution in [-0.2, 0) is 27.4 Å². The number of para-hydroxylation sites is 1. The van der Waals surface area contributed by atoms with Crippen LogP contribution < -0.4 is 9.80 Å². The number of methoxy groups -OCH3 is 1. The third-order valence-electron chi connectivity index (χ3n) is 6.01. The van der Waals surface area contributed by atoms with E-state index in [9.17, 15) is 9.59 Å². The number of anilines is 2. The average Bonchev–Trinajstić information content (AvgIpc) is 3.49. The lowest BCUT2D eigenvalue weighted by Gasteiger charge is -2.21. The minimum absolute atomic E-state index is 0.255. The number of hydrogen-bond donors (Lipinski definition) is 0. The van der Waals surface area contributed by atoms with E-state index in [-0.39, 0.29) is 17.2 Å². The van der Waals surface area contributed by atoms with Crippen LogP contribution in [0.1, 0.15) is 29.3 Å². The lowest BCUT2D eigenvalue weighted by Crippen LogP contribution is -2.31. The SMILES string of the molecule is COC(=C1C(=O)N(C(C)=O)c2ccccc21)c1coc(N(Cc2ccccc2)Cc2ccccc2)n1. The predicted octanol–water partition coefficient (Wildman–Crippen LogP) is 5.29. The van der Waals surface area contributed by atoms with E-state index in [2.05, 4.69) is 24.3 Å². The van der Waals surface area contributed by atoms with Gasteiger partial charge >= 0.3 is 0 Å². The zero-order valence-corrected chi connectivity index (χ0v) is 20.0. The van der Waals surface area contributed by atoms with Crippen molar-refractivity contribution in [3.05, 3.63) is 114 Å². The molecular formula is C29H25N3O4. The van der Waals surface area contributed by atoms with Gasteiger partial charge in [0.1, 0.15) is 12.0 Å². The second kappa shape index (κ2) is 9.92. The van der Waals surface area contributed by atoms with E-state index in [1.165, 1.54) is 20.3 Å². The Hall–Kier alpha value is -4.65. The van der Waals surface area contributed by atoms with Crippen molar-refractivity contribution in [2.45, 2.75) is 20.0 Å². The molecule has 4 aromatic rings. The molecule has 2 amide bonds. The number of amides is 2. The van der Waals surface area contributed by atoms with Crippen molar-refractivity contribution >= 4 is 34.8 Å². The zero-order valence-electron chi connectivity index (χ0n) is 20.0. The minimum atomic E-state index is -0.449. The highest BCUT2D eigenvalue weighted by Crippen LogP contribution is 2.41. The normalized spacial score (nSPS) is 13.9. The van der Waals surface area contributed by atoms with Gasteiger partial charge in [-0.05, 0) is 17.2 Å². The molecule has 0 bridgehead atoms. The smallest absolute Gasteiger partial charge is 0.298 e. The van der Waals surface area contributed by atoms with Gasteiger partial charge in [0.05, 0.1) is 18.4 Å². The molecule has 0 fully saturated rings. The molecule has 0 N–H and O–H groups in total. The predicted molar refractivity (Wildman–Crippen MR) is 138 cm³/mol. The number of carbonyl (C=O) groups is 2. The minimum Gasteiger partial charge on any atom is -0.493 e. The van der Waals surface area contributed by atoms with Crippen LogP contribution in [0.3, 0.4) is 0 Å². The monoisotopic (exact) mass is 479 g/mol. The molecule has 180 valence electrons. The summed E-state index contributed by atoms with van der Waals surface area (Å²) in [6.07, 6.45) is 1.48. The number of benzene rings is 3. The average molecular weight is 480 g/mol. The molecule has 0 spiro atoms. The summed E-state index contributed by atoms with van der Waals surface area (Å²) in [7, 11) is 1.48. The summed E-state index contributed by atoms with van der Waals surface area (Å²) in [6.45, 7) is 2.52. The molecule has 0 saturated carbocycles. The van der Waals surface area contributed by atoms with Crippen LogP contribution in [-0.4, -0.2) is 23.9 Å². The highest BCUT2D eigenvalue weighted by molar-refractivity contribution is 6.42. The maximum absolute atomic E-state index is 13.3. The third-order valence-corrected chi connectivity index (χ3v) is 6.01. The summed E-state index contributed by atoms with van der Waals surface area (Å²) in [5.74, 6) is -0.559. The topological polar surface area (TPSA) is 75.9 Å². The molecule has 3 aromatic carbocycles. The molecule has 0 radical (unpaired) electrons. The first-order valence-electron chi connectivity index (χ1n) is 11.6. The summed E-state index contributed by atoms with van der Waals surface area (Å²) in [6, 6.07) is 27.7. The van der Waals surface area contributed by atoms with Gasteiger partial charge in [-0.15, -0.1) is 0 Å². The van der Waals surface area contributed by atoms with Crippen LogP contribution in [0.25, 0.3) is 11.3 Å². The van der Waals surface area contributed by atoms with Crippen LogP contribution in [0.4, 0.5) is 11.7 Å². The van der Waals surface area contributed by atoms with Gasteiger partial charge in [-0.2, -0.15) is 4.98 Å². The Balaban J connectivity index is 1.55. The van der Waals surface area contributed by atoms with Crippen molar-refractivity contribution in [3.63, 3.8) is 0 Å². The van der Waals surface area contributed by atoms with Gasteiger partial charge in [0.2, 0.25) is 5.91 Å². The van der Waals surface area contributed by atoms with Crippen LogP contribution in [0.15, 0.2) is 95.6 Å². The molecule has 0 atom stereocenters. The fourth-order valence-corrected chi connectivity index (χ4v) is 4.40. The van der Waals surface area contributed by atoms with Crippen LogP contribution >= 0.6 is 0 Å². The number of aromatic nitrogens is 1. The summed E-state index contributed by atoms with van der Waals surface area (Å²) in [4.78, 5) is 33.5. The molecular weight excluding hydrogens is 454 g/mol. The number of ether oxygens (including phenoxy) is 1. The molecule has 0 saturated heterocycles. The van der Waals surface area contributed by atoms with E-state index in [4.69, 9.17) is 14.1 Å². The Bertz CT molecular complexity index is 1390. The van der Waals surface area contributed by atoms with Gasteiger partial charge in [-0.3, -0.25) is 9.59 Å². The molecule has 7 nitrogen and oxygen atoms in total. The Morgan fingerprint density at radius 2 is 1.50 bits per heavy atom. The molecule has 2 heterocycles. The molecule has 1 aromatic heterocycles. The molecule has 7 heteroatoms. The van der Waals surface area contributed by atoms with Crippen molar-refractivity contribution in [2.24, 2.45) is 0 Å². The van der Waals surface area contributed by atoms with Crippen molar-refractivity contribution in [3.8, 4) is 0 Å². The standard InChI is InChI=1S/C29H25N3O4/c1-20(33)32-25-16-10-9-15-23(25)26(28(32)34)27(35-2)24-19-36-29(30-24)31(17-21-11-5-3-6-12-21)18-22-13-7-4-8-14-22/h3-16,19H,17-18H2,1-2H3. The van der Waals surface area contributed by atoms with Crippen molar-refractivity contribution in [1.29, 1.82) is 0 Å². The number of hydrogen-bond acceptors (Lipinski definition) is 6. The lowest BCUT2D eigenvalue weighted by atomic mass is 10.1. The van der Waals surface area contributed by atoms with Gasteiger partial charge in [0.25, 0.3) is 11.9 Å². The van der Waals surface area contributed by atoms with E-state index in [1.54, 1.807) is 18.2 Å².